The summed E-state index contributed by atoms with van der Waals surface area (Å²) in [4.78, 5) is 10.4. The Morgan fingerprint density at radius 3 is 2.58 bits per heavy atom. The Morgan fingerprint density at radius 2 is 2.25 bits per heavy atom. The fourth-order valence-corrected chi connectivity index (χ4v) is 1.71. The summed E-state index contributed by atoms with van der Waals surface area (Å²) in [7, 11) is 0. The van der Waals surface area contributed by atoms with Crippen LogP contribution in [-0.4, -0.2) is 17.6 Å². The highest BCUT2D eigenvalue weighted by Crippen LogP contribution is 2.32. The summed E-state index contributed by atoms with van der Waals surface area (Å²) >= 11 is 0. The Morgan fingerprint density at radius 1 is 1.58 bits per heavy atom. The molecule has 1 aliphatic rings. The van der Waals surface area contributed by atoms with Crippen molar-refractivity contribution in [2.45, 2.75) is 32.1 Å². The third kappa shape index (κ3) is 2.81. The number of aliphatic carboxylic acids is 1. The van der Waals surface area contributed by atoms with E-state index in [9.17, 15) is 4.79 Å². The van der Waals surface area contributed by atoms with Crippen LogP contribution >= 0.6 is 0 Å². The highest BCUT2D eigenvalue weighted by atomic mass is 16.4. The van der Waals surface area contributed by atoms with Crippen molar-refractivity contribution in [1.29, 1.82) is 0 Å². The second kappa shape index (κ2) is 4.45. The summed E-state index contributed by atoms with van der Waals surface area (Å²) < 4.78 is 0. The van der Waals surface area contributed by atoms with Gasteiger partial charge in [-0.3, -0.25) is 4.79 Å². The van der Waals surface area contributed by atoms with Gasteiger partial charge < -0.3 is 10.8 Å². The number of carbonyl (C=O) groups is 1. The first-order chi connectivity index (χ1) is 5.72. The molecule has 0 bridgehead atoms. The zero-order valence-electron chi connectivity index (χ0n) is 7.33. The molecule has 1 rings (SSSR count). The summed E-state index contributed by atoms with van der Waals surface area (Å²) in [6, 6.07) is 0. The summed E-state index contributed by atoms with van der Waals surface area (Å²) in [5.41, 5.74) is 5.48. The van der Waals surface area contributed by atoms with Gasteiger partial charge in [0, 0.05) is 6.42 Å². The van der Waals surface area contributed by atoms with Gasteiger partial charge >= 0.3 is 5.97 Å². The molecule has 1 aliphatic carbocycles. The minimum Gasteiger partial charge on any atom is -0.481 e. The molecule has 1 fully saturated rings. The van der Waals surface area contributed by atoms with Gasteiger partial charge in [0.2, 0.25) is 0 Å². The fourth-order valence-electron chi connectivity index (χ4n) is 1.71. The second-order valence-corrected chi connectivity index (χ2v) is 3.73. The topological polar surface area (TPSA) is 63.3 Å². The summed E-state index contributed by atoms with van der Waals surface area (Å²) in [6.07, 6.45) is 5.12. The van der Waals surface area contributed by atoms with Gasteiger partial charge in [-0.2, -0.15) is 0 Å². The van der Waals surface area contributed by atoms with Crippen LogP contribution < -0.4 is 5.73 Å². The molecule has 0 aliphatic heterocycles. The lowest BCUT2D eigenvalue weighted by Gasteiger charge is -2.28. The Balaban J connectivity index is 2.19. The molecule has 0 aromatic carbocycles. The molecule has 0 aromatic heterocycles. The van der Waals surface area contributed by atoms with E-state index >= 15 is 0 Å². The summed E-state index contributed by atoms with van der Waals surface area (Å²) in [5.74, 6) is 0.246. The Kier molecular flexibility index (Phi) is 3.53. The van der Waals surface area contributed by atoms with Crippen molar-refractivity contribution in [1.82, 2.24) is 0 Å². The van der Waals surface area contributed by atoms with E-state index in [0.717, 1.165) is 12.3 Å². The normalized spacial score (nSPS) is 20.1. The van der Waals surface area contributed by atoms with Crippen molar-refractivity contribution < 1.29 is 9.90 Å². The lowest BCUT2D eigenvalue weighted by atomic mass is 9.78. The van der Waals surface area contributed by atoms with Crippen molar-refractivity contribution in [2.75, 3.05) is 6.54 Å². The summed E-state index contributed by atoms with van der Waals surface area (Å²) in [5, 5.41) is 8.56. The third-order valence-corrected chi connectivity index (χ3v) is 2.69. The van der Waals surface area contributed by atoms with Crippen LogP contribution in [0.2, 0.25) is 0 Å². The predicted molar refractivity (Wildman–Crippen MR) is 46.8 cm³/mol. The zero-order chi connectivity index (χ0) is 8.97. The molecular formula is C9H17NO2. The van der Waals surface area contributed by atoms with Crippen molar-refractivity contribution in [3.8, 4) is 0 Å². The van der Waals surface area contributed by atoms with Gasteiger partial charge in [-0.1, -0.05) is 19.3 Å². The van der Waals surface area contributed by atoms with Crippen molar-refractivity contribution in [3.05, 3.63) is 0 Å². The van der Waals surface area contributed by atoms with Gasteiger partial charge in [0.1, 0.15) is 0 Å². The Labute approximate surface area is 72.9 Å². The van der Waals surface area contributed by atoms with Gasteiger partial charge in [0.05, 0.1) is 0 Å². The first-order valence-electron chi connectivity index (χ1n) is 4.64. The molecule has 1 saturated carbocycles. The van der Waals surface area contributed by atoms with E-state index in [2.05, 4.69) is 0 Å². The second-order valence-electron chi connectivity index (χ2n) is 3.73. The molecule has 0 aromatic rings. The number of hydrogen-bond acceptors (Lipinski definition) is 2. The van der Waals surface area contributed by atoms with Crippen molar-refractivity contribution in [2.24, 2.45) is 17.6 Å². The van der Waals surface area contributed by atoms with Crippen LogP contribution in [0.3, 0.4) is 0 Å². The number of carboxylic acid groups (broad SMARTS) is 1. The largest absolute Gasteiger partial charge is 0.481 e. The number of hydrogen-bond donors (Lipinski definition) is 2. The summed E-state index contributed by atoms with van der Waals surface area (Å²) in [6.45, 7) is 0.517. The fraction of sp³-hybridized carbons (Fsp3) is 0.889. The Hall–Kier alpha value is -0.570. The zero-order valence-corrected chi connectivity index (χ0v) is 7.33. The van der Waals surface area contributed by atoms with Crippen LogP contribution in [-0.2, 0) is 4.79 Å². The molecule has 1 atom stereocenters. The van der Waals surface area contributed by atoms with Gasteiger partial charge in [-0.05, 0) is 24.8 Å². The maximum Gasteiger partial charge on any atom is 0.303 e. The molecule has 3 heteroatoms. The quantitative estimate of drug-likeness (QED) is 0.653. The number of nitrogens with two attached hydrogens (primary N) is 1. The maximum absolute atomic E-state index is 10.4. The van der Waals surface area contributed by atoms with Crippen LogP contribution in [0.4, 0.5) is 0 Å². The van der Waals surface area contributed by atoms with E-state index in [1.54, 1.807) is 0 Å². The number of carboxylic acids is 1. The van der Waals surface area contributed by atoms with E-state index in [1.165, 1.54) is 19.3 Å². The molecule has 0 saturated heterocycles. The van der Waals surface area contributed by atoms with Crippen LogP contribution in [0.25, 0.3) is 0 Å². The molecule has 0 spiro atoms. The van der Waals surface area contributed by atoms with Gasteiger partial charge in [-0.15, -0.1) is 0 Å². The minimum atomic E-state index is -0.718. The van der Waals surface area contributed by atoms with E-state index in [0.29, 0.717) is 6.54 Å². The van der Waals surface area contributed by atoms with Gasteiger partial charge in [0.15, 0.2) is 0 Å². The molecule has 70 valence electrons. The molecule has 0 radical (unpaired) electrons. The molecule has 3 N–H and O–H groups in total. The van der Waals surface area contributed by atoms with E-state index in [4.69, 9.17) is 10.8 Å². The smallest absolute Gasteiger partial charge is 0.303 e. The molecule has 0 heterocycles. The van der Waals surface area contributed by atoms with Gasteiger partial charge in [0.25, 0.3) is 0 Å². The standard InChI is InChI=1S/C9H17NO2/c10-6-8(5-9(11)12)4-7-2-1-3-7/h7-8H,1-6,10H2,(H,11,12). The molecular weight excluding hydrogens is 154 g/mol. The van der Waals surface area contributed by atoms with Crippen molar-refractivity contribution >= 4 is 5.97 Å². The predicted octanol–water partition coefficient (Wildman–Crippen LogP) is 1.23. The highest BCUT2D eigenvalue weighted by molar-refractivity contribution is 5.67. The van der Waals surface area contributed by atoms with Gasteiger partial charge in [-0.25, -0.2) is 0 Å². The lowest BCUT2D eigenvalue weighted by molar-refractivity contribution is -0.138. The van der Waals surface area contributed by atoms with Crippen LogP contribution in [0.5, 0.6) is 0 Å². The Bertz CT molecular complexity index is 155. The van der Waals surface area contributed by atoms with Crippen LogP contribution in [0.15, 0.2) is 0 Å². The molecule has 12 heavy (non-hydrogen) atoms. The molecule has 3 nitrogen and oxygen atoms in total. The lowest BCUT2D eigenvalue weighted by Crippen LogP contribution is -2.23. The molecule has 1 unspecified atom stereocenters. The average molecular weight is 171 g/mol. The first-order valence-corrected chi connectivity index (χ1v) is 4.64. The minimum absolute atomic E-state index is 0.202. The highest BCUT2D eigenvalue weighted by Gasteiger charge is 2.22. The van der Waals surface area contributed by atoms with E-state index in [1.807, 2.05) is 0 Å². The molecule has 0 amide bonds. The monoisotopic (exact) mass is 171 g/mol. The maximum atomic E-state index is 10.4. The average Bonchev–Trinajstić information content (AvgIpc) is 1.93. The van der Waals surface area contributed by atoms with E-state index < -0.39 is 5.97 Å². The van der Waals surface area contributed by atoms with E-state index in [-0.39, 0.29) is 12.3 Å². The van der Waals surface area contributed by atoms with Crippen LogP contribution in [0.1, 0.15) is 32.1 Å². The third-order valence-electron chi connectivity index (χ3n) is 2.69. The first kappa shape index (κ1) is 9.52. The SMILES string of the molecule is NCC(CC(=O)O)CC1CCC1. The van der Waals surface area contributed by atoms with Crippen molar-refractivity contribution in [3.63, 3.8) is 0 Å². The van der Waals surface area contributed by atoms with Crippen LogP contribution in [0, 0.1) is 11.8 Å². The number of rotatable bonds is 5.